The minimum Gasteiger partial charge on any atom is -0.488 e. The number of hydrogen-bond donors (Lipinski definition) is 2. The first-order chi connectivity index (χ1) is 7.75. The summed E-state index contributed by atoms with van der Waals surface area (Å²) in [4.78, 5) is 0. The summed E-state index contributed by atoms with van der Waals surface area (Å²) >= 11 is 0. The summed E-state index contributed by atoms with van der Waals surface area (Å²) < 4.78 is 11.0. The summed E-state index contributed by atoms with van der Waals surface area (Å²) in [5, 5.41) is 18.1. The van der Waals surface area contributed by atoms with Crippen LogP contribution in [0.3, 0.4) is 0 Å². The average molecular weight is 222 g/mol. The lowest BCUT2D eigenvalue weighted by atomic mass is 9.80. The van der Waals surface area contributed by atoms with Gasteiger partial charge in [0.15, 0.2) is 0 Å². The molecule has 1 aromatic carbocycles. The first-order valence-corrected chi connectivity index (χ1v) is 5.46. The zero-order chi connectivity index (χ0) is 11.4. The van der Waals surface area contributed by atoms with Crippen LogP contribution in [0.5, 0.6) is 5.75 Å². The molecule has 0 bridgehead atoms. The van der Waals surface area contributed by atoms with Crippen LogP contribution >= 0.6 is 0 Å². The molecule has 1 fully saturated rings. The van der Waals surface area contributed by atoms with Crippen molar-refractivity contribution in [3.8, 4) is 5.75 Å². The molecule has 0 radical (unpaired) electrons. The number of ether oxygens (including phenoxy) is 2. The molecule has 1 aliphatic heterocycles. The molecule has 0 saturated carbocycles. The van der Waals surface area contributed by atoms with Gasteiger partial charge in [0.05, 0.1) is 6.61 Å². The van der Waals surface area contributed by atoms with Gasteiger partial charge in [0.2, 0.25) is 0 Å². The van der Waals surface area contributed by atoms with Crippen molar-refractivity contribution < 1.29 is 19.5 Å². The predicted octanol–water partition coefficient (Wildman–Crippen LogP) is -0.0758. The summed E-state index contributed by atoms with van der Waals surface area (Å²) in [5.74, 6) is 0.654. The van der Waals surface area contributed by atoms with Gasteiger partial charge in [0.1, 0.15) is 11.9 Å². The number of rotatable bonds is 3. The van der Waals surface area contributed by atoms with Gasteiger partial charge in [-0.2, -0.15) is 0 Å². The van der Waals surface area contributed by atoms with E-state index in [1.807, 2.05) is 0 Å². The minimum absolute atomic E-state index is 0.0693. The quantitative estimate of drug-likeness (QED) is 0.702. The van der Waals surface area contributed by atoms with E-state index >= 15 is 0 Å². The molecule has 1 aliphatic rings. The van der Waals surface area contributed by atoms with Gasteiger partial charge in [0.25, 0.3) is 0 Å². The van der Waals surface area contributed by atoms with E-state index in [9.17, 15) is 0 Å². The Morgan fingerprint density at radius 2 is 2.25 bits per heavy atom. The summed E-state index contributed by atoms with van der Waals surface area (Å²) in [6.07, 6.45) is 2.05. The highest BCUT2D eigenvalue weighted by Gasteiger charge is 2.16. The van der Waals surface area contributed by atoms with Crippen LogP contribution in [0.1, 0.15) is 12.8 Å². The lowest BCUT2D eigenvalue weighted by Gasteiger charge is -2.23. The smallest absolute Gasteiger partial charge is 0.488 e. The highest BCUT2D eigenvalue weighted by atomic mass is 16.5. The molecule has 2 N–H and O–H groups in total. The molecule has 4 nitrogen and oxygen atoms in total. The average Bonchev–Trinajstić information content (AvgIpc) is 2.30. The molecule has 2 rings (SSSR count). The molecule has 0 amide bonds. The van der Waals surface area contributed by atoms with Gasteiger partial charge in [-0.25, -0.2) is 0 Å². The summed E-state index contributed by atoms with van der Waals surface area (Å²) in [5.41, 5.74) is 0.439. The SMILES string of the molecule is OB(O)c1cccc(O[C@@H]2CCCOC2)c1. The summed E-state index contributed by atoms with van der Waals surface area (Å²) in [7, 11) is -1.45. The van der Waals surface area contributed by atoms with Crippen LogP contribution in [0.15, 0.2) is 24.3 Å². The van der Waals surface area contributed by atoms with Crippen LogP contribution in [-0.2, 0) is 4.74 Å². The molecule has 0 aliphatic carbocycles. The minimum atomic E-state index is -1.45. The fraction of sp³-hybridized carbons (Fsp3) is 0.455. The fourth-order valence-corrected chi connectivity index (χ4v) is 1.75. The lowest BCUT2D eigenvalue weighted by molar-refractivity contribution is 0.00746. The fourth-order valence-electron chi connectivity index (χ4n) is 1.75. The third-order valence-corrected chi connectivity index (χ3v) is 2.58. The zero-order valence-corrected chi connectivity index (χ0v) is 9.00. The van der Waals surface area contributed by atoms with E-state index in [4.69, 9.17) is 19.5 Å². The molecule has 86 valence electrons. The van der Waals surface area contributed by atoms with Crippen molar-refractivity contribution in [2.45, 2.75) is 18.9 Å². The van der Waals surface area contributed by atoms with E-state index in [0.29, 0.717) is 17.8 Å². The highest BCUT2D eigenvalue weighted by molar-refractivity contribution is 6.58. The van der Waals surface area contributed by atoms with Crippen molar-refractivity contribution in [2.75, 3.05) is 13.2 Å². The molecular formula is C11H15BO4. The Hall–Kier alpha value is -1.04. The van der Waals surface area contributed by atoms with E-state index in [2.05, 4.69) is 0 Å². The maximum atomic E-state index is 9.03. The van der Waals surface area contributed by atoms with Gasteiger partial charge in [-0.3, -0.25) is 0 Å². The van der Waals surface area contributed by atoms with E-state index in [-0.39, 0.29) is 6.10 Å². The van der Waals surface area contributed by atoms with Gasteiger partial charge >= 0.3 is 7.12 Å². The second-order valence-corrected chi connectivity index (χ2v) is 3.90. The largest absolute Gasteiger partial charge is 0.488 e. The number of hydrogen-bond acceptors (Lipinski definition) is 4. The second kappa shape index (κ2) is 5.34. The molecule has 1 saturated heterocycles. The van der Waals surface area contributed by atoms with Gasteiger partial charge < -0.3 is 19.5 Å². The maximum Gasteiger partial charge on any atom is 0.488 e. The van der Waals surface area contributed by atoms with Crippen molar-refractivity contribution in [1.29, 1.82) is 0 Å². The molecule has 5 heteroatoms. The van der Waals surface area contributed by atoms with Crippen molar-refractivity contribution in [1.82, 2.24) is 0 Å². The Morgan fingerprint density at radius 3 is 2.94 bits per heavy atom. The third-order valence-electron chi connectivity index (χ3n) is 2.58. The van der Waals surface area contributed by atoms with E-state index in [1.165, 1.54) is 0 Å². The van der Waals surface area contributed by atoms with Crippen LogP contribution in [0.2, 0.25) is 0 Å². The van der Waals surface area contributed by atoms with Crippen molar-refractivity contribution >= 4 is 12.6 Å². The molecule has 0 aromatic heterocycles. The third kappa shape index (κ3) is 2.98. The summed E-state index contributed by atoms with van der Waals surface area (Å²) in [6.45, 7) is 1.40. The van der Waals surface area contributed by atoms with Crippen LogP contribution in [0.25, 0.3) is 0 Å². The first kappa shape index (κ1) is 11.5. The molecule has 1 atom stereocenters. The molecular weight excluding hydrogens is 207 g/mol. The second-order valence-electron chi connectivity index (χ2n) is 3.90. The van der Waals surface area contributed by atoms with Crippen LogP contribution in [0.4, 0.5) is 0 Å². The Balaban J connectivity index is 2.00. The Kier molecular flexibility index (Phi) is 3.82. The van der Waals surface area contributed by atoms with Crippen LogP contribution in [0, 0.1) is 0 Å². The predicted molar refractivity (Wildman–Crippen MR) is 60.7 cm³/mol. The molecule has 0 unspecified atom stereocenters. The van der Waals surface area contributed by atoms with Gasteiger partial charge in [0, 0.05) is 6.61 Å². The van der Waals surface area contributed by atoms with Crippen molar-refractivity contribution in [2.24, 2.45) is 0 Å². The van der Waals surface area contributed by atoms with E-state index < -0.39 is 7.12 Å². The van der Waals surface area contributed by atoms with Crippen LogP contribution in [-0.4, -0.2) is 36.5 Å². The Morgan fingerprint density at radius 1 is 1.38 bits per heavy atom. The van der Waals surface area contributed by atoms with Gasteiger partial charge in [-0.15, -0.1) is 0 Å². The van der Waals surface area contributed by atoms with Gasteiger partial charge in [-0.1, -0.05) is 12.1 Å². The Bertz CT molecular complexity index is 337. The van der Waals surface area contributed by atoms with Crippen LogP contribution < -0.4 is 10.2 Å². The van der Waals surface area contributed by atoms with E-state index in [0.717, 1.165) is 19.4 Å². The highest BCUT2D eigenvalue weighted by Crippen LogP contribution is 2.15. The Labute approximate surface area is 95.0 Å². The molecule has 0 spiro atoms. The lowest BCUT2D eigenvalue weighted by Crippen LogP contribution is -2.31. The normalized spacial score (nSPS) is 20.5. The topological polar surface area (TPSA) is 58.9 Å². The number of benzene rings is 1. The van der Waals surface area contributed by atoms with Crippen molar-refractivity contribution in [3.63, 3.8) is 0 Å². The van der Waals surface area contributed by atoms with E-state index in [1.54, 1.807) is 24.3 Å². The standard InChI is InChI=1S/C11H15BO4/c13-12(14)9-3-1-4-10(7-9)16-11-5-2-6-15-8-11/h1,3-4,7,11,13-14H,2,5-6,8H2/t11-/m1/s1. The molecule has 16 heavy (non-hydrogen) atoms. The monoisotopic (exact) mass is 222 g/mol. The maximum absolute atomic E-state index is 9.03. The zero-order valence-electron chi connectivity index (χ0n) is 9.00. The van der Waals surface area contributed by atoms with Crippen molar-refractivity contribution in [3.05, 3.63) is 24.3 Å². The summed E-state index contributed by atoms with van der Waals surface area (Å²) in [6, 6.07) is 6.84. The molecule has 1 heterocycles. The first-order valence-electron chi connectivity index (χ1n) is 5.46. The molecule has 1 aromatic rings. The van der Waals surface area contributed by atoms with Gasteiger partial charge in [-0.05, 0) is 30.4 Å².